The van der Waals surface area contributed by atoms with Crippen LogP contribution in [0.15, 0.2) is 52.0 Å². The van der Waals surface area contributed by atoms with Gasteiger partial charge in [-0.1, -0.05) is 37.6 Å². The number of halogens is 2. The Morgan fingerprint density at radius 2 is 1.94 bits per heavy atom. The molecule has 2 rings (SSSR count). The van der Waals surface area contributed by atoms with Crippen LogP contribution >= 0.6 is 27.5 Å². The first-order chi connectivity index (χ1) is 14.7. The number of hydrogen-bond acceptors (Lipinski definition) is 5. The van der Waals surface area contributed by atoms with Crippen LogP contribution in [0.25, 0.3) is 0 Å². The van der Waals surface area contributed by atoms with E-state index in [1.54, 1.807) is 42.5 Å². The molecular formula is C21H22BrClN4O4. The van der Waals surface area contributed by atoms with Gasteiger partial charge in [0.15, 0.2) is 6.61 Å². The molecule has 0 aromatic heterocycles. The summed E-state index contributed by atoms with van der Waals surface area (Å²) in [5.74, 6) is -1.23. The summed E-state index contributed by atoms with van der Waals surface area (Å²) in [5, 5.41) is 6.94. The van der Waals surface area contributed by atoms with Crippen molar-refractivity contribution in [2.24, 2.45) is 16.8 Å². The van der Waals surface area contributed by atoms with E-state index >= 15 is 0 Å². The van der Waals surface area contributed by atoms with Crippen molar-refractivity contribution in [3.05, 3.63) is 63.1 Å². The molecular weight excluding hydrogens is 488 g/mol. The van der Waals surface area contributed by atoms with Gasteiger partial charge in [0.05, 0.1) is 21.3 Å². The van der Waals surface area contributed by atoms with Crippen LogP contribution in [-0.2, 0) is 9.59 Å². The molecule has 0 bridgehead atoms. The summed E-state index contributed by atoms with van der Waals surface area (Å²) in [4.78, 5) is 35.8. The van der Waals surface area contributed by atoms with Gasteiger partial charge in [-0.25, -0.2) is 5.43 Å². The largest absolute Gasteiger partial charge is 0.483 e. The molecule has 10 heteroatoms. The second-order valence-electron chi connectivity index (χ2n) is 6.85. The van der Waals surface area contributed by atoms with E-state index in [0.29, 0.717) is 20.8 Å². The Kier molecular flexibility index (Phi) is 9.02. The topological polar surface area (TPSA) is 123 Å². The number of ether oxygens (including phenoxy) is 1. The van der Waals surface area contributed by atoms with Gasteiger partial charge in [0.2, 0.25) is 0 Å². The quantitative estimate of drug-likeness (QED) is 0.355. The minimum atomic E-state index is -0.808. The molecule has 3 amide bonds. The number of carbonyl (C=O) groups excluding carboxylic acids is 3. The van der Waals surface area contributed by atoms with E-state index in [9.17, 15) is 14.4 Å². The average molecular weight is 510 g/mol. The molecule has 0 aliphatic heterocycles. The minimum absolute atomic E-state index is 0.183. The van der Waals surface area contributed by atoms with Crippen LogP contribution in [0.3, 0.4) is 0 Å². The fourth-order valence-electron chi connectivity index (χ4n) is 2.50. The third kappa shape index (κ3) is 7.37. The van der Waals surface area contributed by atoms with Crippen molar-refractivity contribution in [3.63, 3.8) is 0 Å². The lowest BCUT2D eigenvalue weighted by molar-refractivity contribution is -0.124. The number of primary amides is 1. The zero-order valence-electron chi connectivity index (χ0n) is 16.9. The summed E-state index contributed by atoms with van der Waals surface area (Å²) in [6.07, 6.45) is 1.44. The van der Waals surface area contributed by atoms with Gasteiger partial charge in [-0.3, -0.25) is 14.4 Å². The van der Waals surface area contributed by atoms with Gasteiger partial charge < -0.3 is 15.8 Å². The number of hydrogen-bond donors (Lipinski definition) is 3. The van der Waals surface area contributed by atoms with E-state index in [1.165, 1.54) is 6.21 Å². The second kappa shape index (κ2) is 11.5. The molecule has 0 aliphatic carbocycles. The maximum atomic E-state index is 12.6. The lowest BCUT2D eigenvalue weighted by atomic mass is 10.0. The molecule has 0 radical (unpaired) electrons. The number of nitrogens with zero attached hydrogens (tertiary/aromatic N) is 1. The van der Waals surface area contributed by atoms with Crippen LogP contribution in [0, 0.1) is 5.92 Å². The molecule has 0 aliphatic rings. The van der Waals surface area contributed by atoms with Gasteiger partial charge in [0.1, 0.15) is 11.8 Å². The lowest BCUT2D eigenvalue weighted by Crippen LogP contribution is -2.48. The standard InChI is InChI=1S/C21H22BrClN4O4/c1-12(2)19(26-20(29)14-5-3-4-6-16(14)23)21(30)27-25-10-13-7-8-17(15(22)9-13)31-11-18(24)28/h3-10,12,19H,11H2,1-2H3,(H2,24,28)(H,26,29)(H,27,30)/b25-10-. The van der Waals surface area contributed by atoms with Gasteiger partial charge in [-0.15, -0.1) is 0 Å². The predicted molar refractivity (Wildman–Crippen MR) is 122 cm³/mol. The van der Waals surface area contributed by atoms with Crippen molar-refractivity contribution in [1.29, 1.82) is 0 Å². The van der Waals surface area contributed by atoms with E-state index in [4.69, 9.17) is 22.1 Å². The van der Waals surface area contributed by atoms with Gasteiger partial charge >= 0.3 is 0 Å². The number of benzene rings is 2. The van der Waals surface area contributed by atoms with Crippen LogP contribution < -0.4 is 21.2 Å². The number of nitrogens with two attached hydrogens (primary N) is 1. The first-order valence-corrected chi connectivity index (χ1v) is 10.4. The average Bonchev–Trinajstić information content (AvgIpc) is 2.71. The van der Waals surface area contributed by atoms with Crippen LogP contribution in [0.5, 0.6) is 5.75 Å². The maximum Gasteiger partial charge on any atom is 0.262 e. The van der Waals surface area contributed by atoms with Gasteiger partial charge in [-0.05, 0) is 57.7 Å². The zero-order chi connectivity index (χ0) is 23.0. The van der Waals surface area contributed by atoms with Gasteiger partial charge in [0, 0.05) is 0 Å². The summed E-state index contributed by atoms with van der Waals surface area (Å²) >= 11 is 9.38. The van der Waals surface area contributed by atoms with Crippen molar-refractivity contribution in [1.82, 2.24) is 10.7 Å². The highest BCUT2D eigenvalue weighted by molar-refractivity contribution is 9.10. The number of rotatable bonds is 9. The van der Waals surface area contributed by atoms with Gasteiger partial charge in [-0.2, -0.15) is 5.10 Å². The van der Waals surface area contributed by atoms with Crippen molar-refractivity contribution in [2.75, 3.05) is 6.61 Å². The van der Waals surface area contributed by atoms with E-state index in [0.717, 1.165) is 0 Å². The third-order valence-corrected chi connectivity index (χ3v) is 5.02. The molecule has 164 valence electrons. The summed E-state index contributed by atoms with van der Waals surface area (Å²) in [7, 11) is 0. The van der Waals surface area contributed by atoms with Crippen LogP contribution in [0.1, 0.15) is 29.8 Å². The van der Waals surface area contributed by atoms with Crippen molar-refractivity contribution in [3.8, 4) is 5.75 Å². The normalized spacial score (nSPS) is 11.9. The monoisotopic (exact) mass is 508 g/mol. The smallest absolute Gasteiger partial charge is 0.262 e. The van der Waals surface area contributed by atoms with Crippen LogP contribution in [0.2, 0.25) is 5.02 Å². The Labute approximate surface area is 193 Å². The molecule has 4 N–H and O–H groups in total. The maximum absolute atomic E-state index is 12.6. The Bertz CT molecular complexity index is 997. The first-order valence-electron chi connectivity index (χ1n) is 9.28. The Morgan fingerprint density at radius 3 is 2.55 bits per heavy atom. The first kappa shape index (κ1) is 24.4. The summed E-state index contributed by atoms with van der Waals surface area (Å²) in [6.45, 7) is 3.38. The zero-order valence-corrected chi connectivity index (χ0v) is 19.2. The van der Waals surface area contributed by atoms with Crippen molar-refractivity contribution < 1.29 is 19.1 Å². The second-order valence-corrected chi connectivity index (χ2v) is 8.12. The summed E-state index contributed by atoms with van der Waals surface area (Å²) in [5.41, 5.74) is 8.44. The highest BCUT2D eigenvalue weighted by Gasteiger charge is 2.25. The SMILES string of the molecule is CC(C)C(NC(=O)c1ccccc1Cl)C(=O)N/N=C\c1ccc(OCC(N)=O)c(Br)c1. The molecule has 31 heavy (non-hydrogen) atoms. The number of nitrogens with one attached hydrogen (secondary N) is 2. The van der Waals surface area contributed by atoms with E-state index in [-0.39, 0.29) is 18.1 Å². The minimum Gasteiger partial charge on any atom is -0.483 e. The predicted octanol–water partition coefficient (Wildman–Crippen LogP) is 2.87. The number of amides is 3. The third-order valence-electron chi connectivity index (χ3n) is 4.07. The summed E-state index contributed by atoms with van der Waals surface area (Å²) < 4.78 is 5.84. The fourth-order valence-corrected chi connectivity index (χ4v) is 3.24. The molecule has 8 nitrogen and oxygen atoms in total. The Hall–Kier alpha value is -2.91. The highest BCUT2D eigenvalue weighted by atomic mass is 79.9. The molecule has 1 atom stereocenters. The Morgan fingerprint density at radius 1 is 1.23 bits per heavy atom. The van der Waals surface area contributed by atoms with Crippen molar-refractivity contribution >= 4 is 51.5 Å². The van der Waals surface area contributed by atoms with Crippen LogP contribution in [0.4, 0.5) is 0 Å². The Balaban J connectivity index is 2.00. The summed E-state index contributed by atoms with van der Waals surface area (Å²) in [6, 6.07) is 10.8. The highest BCUT2D eigenvalue weighted by Crippen LogP contribution is 2.25. The van der Waals surface area contributed by atoms with Gasteiger partial charge in [0.25, 0.3) is 17.7 Å². The van der Waals surface area contributed by atoms with E-state index in [2.05, 4.69) is 31.8 Å². The fraction of sp³-hybridized carbons (Fsp3) is 0.238. The van der Waals surface area contributed by atoms with Crippen molar-refractivity contribution in [2.45, 2.75) is 19.9 Å². The molecule has 2 aromatic carbocycles. The number of carbonyl (C=O) groups is 3. The molecule has 0 spiro atoms. The molecule has 0 heterocycles. The molecule has 0 fully saturated rings. The molecule has 0 saturated heterocycles. The lowest BCUT2D eigenvalue weighted by Gasteiger charge is -2.20. The molecule has 2 aromatic rings. The number of hydrazone groups is 1. The van der Waals surface area contributed by atoms with E-state index in [1.807, 2.05) is 13.8 Å². The van der Waals surface area contributed by atoms with E-state index < -0.39 is 23.8 Å². The molecule has 1 unspecified atom stereocenters. The molecule has 0 saturated carbocycles. The van der Waals surface area contributed by atoms with Crippen LogP contribution in [-0.4, -0.2) is 36.6 Å².